The van der Waals surface area contributed by atoms with Crippen LogP contribution in [0.2, 0.25) is 0 Å². The van der Waals surface area contributed by atoms with Crippen LogP contribution in [-0.4, -0.2) is 28.5 Å². The molecule has 0 fully saturated rings. The molecule has 2 unspecified atom stereocenters. The topological polar surface area (TPSA) is 66.5 Å². The Hall–Kier alpha value is -1.42. The van der Waals surface area contributed by atoms with E-state index in [9.17, 15) is 10.2 Å². The third-order valence-electron chi connectivity index (χ3n) is 2.91. The molecule has 84 valence electrons. The monoisotopic (exact) mass is 217 g/mol. The van der Waals surface area contributed by atoms with Gasteiger partial charge in [-0.25, -0.2) is 0 Å². The smallest absolute Gasteiger partial charge is 0.132 e. The van der Waals surface area contributed by atoms with E-state index in [1.165, 1.54) is 0 Å². The van der Waals surface area contributed by atoms with Crippen molar-refractivity contribution in [2.45, 2.75) is 11.7 Å². The molecule has 0 heterocycles. The Morgan fingerprint density at radius 1 is 1.25 bits per heavy atom. The first-order chi connectivity index (χ1) is 7.68. The van der Waals surface area contributed by atoms with Crippen LogP contribution in [0.15, 0.2) is 48.6 Å². The highest BCUT2D eigenvalue weighted by Crippen LogP contribution is 2.32. The lowest BCUT2D eigenvalue weighted by Gasteiger charge is -2.35. The molecule has 0 radical (unpaired) electrons. The largest absolute Gasteiger partial charge is 0.386 e. The first-order valence-electron chi connectivity index (χ1n) is 5.23. The maximum Gasteiger partial charge on any atom is 0.132 e. The maximum atomic E-state index is 10.4. The minimum absolute atomic E-state index is 0.0146. The van der Waals surface area contributed by atoms with E-state index < -0.39 is 11.7 Å². The van der Waals surface area contributed by atoms with Crippen LogP contribution in [0.5, 0.6) is 0 Å². The quantitative estimate of drug-likeness (QED) is 0.683. The van der Waals surface area contributed by atoms with Crippen molar-refractivity contribution in [2.75, 3.05) is 6.54 Å². The molecule has 0 amide bonds. The van der Waals surface area contributed by atoms with Crippen LogP contribution >= 0.6 is 0 Å². The molecule has 0 aromatic heterocycles. The molecular weight excluding hydrogens is 202 g/mol. The molecule has 0 saturated heterocycles. The standard InChI is InChI=1S/C13H15NO2/c14-9-13(16)11(7-4-8-12(13)15)10-5-2-1-3-6-10/h1-8,12,15-16H,9,14H2. The Morgan fingerprint density at radius 3 is 2.56 bits per heavy atom. The fourth-order valence-electron chi connectivity index (χ4n) is 1.91. The number of aliphatic hydroxyl groups is 2. The van der Waals surface area contributed by atoms with Gasteiger partial charge in [0.2, 0.25) is 0 Å². The SMILES string of the molecule is NCC1(O)C(c2ccccc2)=CC=CC1O. The molecule has 3 nitrogen and oxygen atoms in total. The van der Waals surface area contributed by atoms with E-state index >= 15 is 0 Å². The highest BCUT2D eigenvalue weighted by Gasteiger charge is 2.38. The summed E-state index contributed by atoms with van der Waals surface area (Å²) in [6.45, 7) is -0.0146. The van der Waals surface area contributed by atoms with Crippen molar-refractivity contribution >= 4 is 5.57 Å². The van der Waals surface area contributed by atoms with Gasteiger partial charge in [-0.05, 0) is 11.1 Å². The van der Waals surface area contributed by atoms with E-state index in [2.05, 4.69) is 0 Å². The zero-order valence-corrected chi connectivity index (χ0v) is 8.88. The van der Waals surface area contributed by atoms with Crippen molar-refractivity contribution < 1.29 is 10.2 Å². The van der Waals surface area contributed by atoms with Gasteiger partial charge in [0, 0.05) is 6.54 Å². The summed E-state index contributed by atoms with van der Waals surface area (Å²) in [5, 5.41) is 20.2. The molecular formula is C13H15NO2. The lowest BCUT2D eigenvalue weighted by Crippen LogP contribution is -2.49. The predicted octanol–water partition coefficient (Wildman–Crippen LogP) is 0.690. The fraction of sp³-hybridized carbons (Fsp3) is 0.231. The number of benzene rings is 1. The van der Waals surface area contributed by atoms with Crippen molar-refractivity contribution in [2.24, 2.45) is 5.73 Å². The van der Waals surface area contributed by atoms with Gasteiger partial charge in [-0.15, -0.1) is 0 Å². The van der Waals surface area contributed by atoms with Crippen LogP contribution in [-0.2, 0) is 0 Å². The Morgan fingerprint density at radius 2 is 1.94 bits per heavy atom. The first kappa shape index (κ1) is 11.1. The second kappa shape index (κ2) is 4.22. The normalized spacial score (nSPS) is 28.9. The molecule has 4 N–H and O–H groups in total. The van der Waals surface area contributed by atoms with Crippen molar-refractivity contribution in [3.63, 3.8) is 0 Å². The minimum Gasteiger partial charge on any atom is -0.386 e. The molecule has 0 aliphatic heterocycles. The summed E-state index contributed by atoms with van der Waals surface area (Å²) < 4.78 is 0. The summed E-state index contributed by atoms with van der Waals surface area (Å²) in [5.41, 5.74) is 5.71. The van der Waals surface area contributed by atoms with Crippen LogP contribution in [0.1, 0.15) is 5.56 Å². The molecule has 1 aliphatic rings. The van der Waals surface area contributed by atoms with Gasteiger partial charge in [-0.3, -0.25) is 0 Å². The molecule has 0 saturated carbocycles. The van der Waals surface area contributed by atoms with Gasteiger partial charge in [-0.1, -0.05) is 48.6 Å². The highest BCUT2D eigenvalue weighted by atomic mass is 16.3. The maximum absolute atomic E-state index is 10.4. The number of rotatable bonds is 2. The molecule has 0 spiro atoms. The van der Waals surface area contributed by atoms with E-state index in [0.717, 1.165) is 5.56 Å². The van der Waals surface area contributed by atoms with Crippen LogP contribution in [0.25, 0.3) is 5.57 Å². The van der Waals surface area contributed by atoms with E-state index in [-0.39, 0.29) is 6.54 Å². The van der Waals surface area contributed by atoms with Crippen molar-refractivity contribution in [1.82, 2.24) is 0 Å². The Labute approximate surface area is 94.5 Å². The van der Waals surface area contributed by atoms with Crippen molar-refractivity contribution in [1.29, 1.82) is 0 Å². The van der Waals surface area contributed by atoms with Gasteiger partial charge in [0.05, 0.1) is 0 Å². The molecule has 2 rings (SSSR count). The molecule has 1 aromatic rings. The second-order valence-corrected chi connectivity index (χ2v) is 3.90. The van der Waals surface area contributed by atoms with Crippen LogP contribution in [0, 0.1) is 0 Å². The summed E-state index contributed by atoms with van der Waals surface area (Å²) in [5.74, 6) is 0. The number of hydrogen-bond acceptors (Lipinski definition) is 3. The van der Waals surface area contributed by atoms with E-state index in [1.807, 2.05) is 30.3 Å². The average Bonchev–Trinajstić information content (AvgIpc) is 2.34. The molecule has 16 heavy (non-hydrogen) atoms. The molecule has 1 aromatic carbocycles. The van der Waals surface area contributed by atoms with Crippen molar-refractivity contribution in [3.05, 3.63) is 54.1 Å². The number of aliphatic hydroxyl groups excluding tert-OH is 1. The lowest BCUT2D eigenvalue weighted by molar-refractivity contribution is 0.000114. The Balaban J connectivity index is 2.47. The van der Waals surface area contributed by atoms with Gasteiger partial charge in [0.1, 0.15) is 11.7 Å². The van der Waals surface area contributed by atoms with Gasteiger partial charge < -0.3 is 15.9 Å². The summed E-state index contributed by atoms with van der Waals surface area (Å²) in [7, 11) is 0. The minimum atomic E-state index is -1.39. The number of hydrogen-bond donors (Lipinski definition) is 3. The summed E-state index contributed by atoms with van der Waals surface area (Å²) >= 11 is 0. The third kappa shape index (κ3) is 1.69. The lowest BCUT2D eigenvalue weighted by atomic mass is 9.80. The fourth-order valence-corrected chi connectivity index (χ4v) is 1.91. The third-order valence-corrected chi connectivity index (χ3v) is 2.91. The summed E-state index contributed by atoms with van der Waals surface area (Å²) in [4.78, 5) is 0. The highest BCUT2D eigenvalue weighted by molar-refractivity contribution is 5.76. The van der Waals surface area contributed by atoms with Gasteiger partial charge in [-0.2, -0.15) is 0 Å². The van der Waals surface area contributed by atoms with Crippen LogP contribution in [0.4, 0.5) is 0 Å². The van der Waals surface area contributed by atoms with E-state index in [4.69, 9.17) is 5.73 Å². The zero-order valence-electron chi connectivity index (χ0n) is 8.88. The summed E-state index contributed by atoms with van der Waals surface area (Å²) in [6.07, 6.45) is 4.10. The first-order valence-corrected chi connectivity index (χ1v) is 5.23. The van der Waals surface area contributed by atoms with Crippen LogP contribution < -0.4 is 5.73 Å². The molecule has 2 atom stereocenters. The van der Waals surface area contributed by atoms with Gasteiger partial charge in [0.15, 0.2) is 0 Å². The zero-order chi connectivity index (χ0) is 11.6. The van der Waals surface area contributed by atoms with E-state index in [0.29, 0.717) is 5.57 Å². The Bertz CT molecular complexity index is 425. The molecule has 3 heteroatoms. The van der Waals surface area contributed by atoms with E-state index in [1.54, 1.807) is 18.2 Å². The molecule has 1 aliphatic carbocycles. The number of nitrogens with two attached hydrogens (primary N) is 1. The van der Waals surface area contributed by atoms with Gasteiger partial charge in [0.25, 0.3) is 0 Å². The number of allylic oxidation sites excluding steroid dienone is 2. The Kier molecular flexibility index (Phi) is 2.92. The van der Waals surface area contributed by atoms with Gasteiger partial charge >= 0.3 is 0 Å². The predicted molar refractivity (Wildman–Crippen MR) is 63.6 cm³/mol. The van der Waals surface area contributed by atoms with Crippen molar-refractivity contribution in [3.8, 4) is 0 Å². The molecule has 0 bridgehead atoms. The second-order valence-electron chi connectivity index (χ2n) is 3.90. The summed E-state index contributed by atoms with van der Waals surface area (Å²) in [6, 6.07) is 9.45. The van der Waals surface area contributed by atoms with Crippen LogP contribution in [0.3, 0.4) is 0 Å². The average molecular weight is 217 g/mol.